The van der Waals surface area contributed by atoms with E-state index in [2.05, 4.69) is 30.0 Å². The number of rotatable bonds is 7. The van der Waals surface area contributed by atoms with Gasteiger partial charge in [0.05, 0.1) is 11.6 Å². The highest BCUT2D eigenvalue weighted by molar-refractivity contribution is 5.34. The second kappa shape index (κ2) is 8.77. The first-order valence-corrected chi connectivity index (χ1v) is 8.17. The van der Waals surface area contributed by atoms with Crippen LogP contribution in [-0.4, -0.2) is 56.7 Å². The van der Waals surface area contributed by atoms with Gasteiger partial charge in [0.15, 0.2) is 0 Å². The SMILES string of the molecule is CN(C)CCC1CCN(CCOc2ccc(C#N)cc2)CC1. The molecule has 22 heavy (non-hydrogen) atoms. The Morgan fingerprint density at radius 1 is 1.23 bits per heavy atom. The minimum Gasteiger partial charge on any atom is -0.492 e. The molecule has 2 rings (SSSR count). The maximum Gasteiger partial charge on any atom is 0.119 e. The number of ether oxygens (including phenoxy) is 1. The van der Waals surface area contributed by atoms with E-state index in [1.54, 1.807) is 12.1 Å². The van der Waals surface area contributed by atoms with Gasteiger partial charge in [-0.3, -0.25) is 4.90 Å². The molecule has 1 aliphatic heterocycles. The summed E-state index contributed by atoms with van der Waals surface area (Å²) in [5.74, 6) is 1.73. The quantitative estimate of drug-likeness (QED) is 0.776. The highest BCUT2D eigenvalue weighted by Gasteiger charge is 2.18. The lowest BCUT2D eigenvalue weighted by atomic mass is 9.93. The first-order chi connectivity index (χ1) is 10.7. The average molecular weight is 301 g/mol. The van der Waals surface area contributed by atoms with Crippen molar-refractivity contribution in [2.24, 2.45) is 5.92 Å². The molecule has 4 heteroatoms. The van der Waals surface area contributed by atoms with Gasteiger partial charge in [-0.15, -0.1) is 0 Å². The van der Waals surface area contributed by atoms with Crippen LogP contribution in [0.4, 0.5) is 0 Å². The van der Waals surface area contributed by atoms with Crippen molar-refractivity contribution >= 4 is 0 Å². The Morgan fingerprint density at radius 2 is 1.91 bits per heavy atom. The van der Waals surface area contributed by atoms with Gasteiger partial charge in [0, 0.05) is 6.54 Å². The Morgan fingerprint density at radius 3 is 2.50 bits per heavy atom. The van der Waals surface area contributed by atoms with Gasteiger partial charge >= 0.3 is 0 Å². The minimum atomic E-state index is 0.673. The zero-order chi connectivity index (χ0) is 15.8. The van der Waals surface area contributed by atoms with E-state index in [9.17, 15) is 0 Å². The maximum absolute atomic E-state index is 8.76. The first-order valence-electron chi connectivity index (χ1n) is 8.17. The normalized spacial score (nSPS) is 16.6. The fraction of sp³-hybridized carbons (Fsp3) is 0.611. The third-order valence-electron chi connectivity index (χ3n) is 4.35. The van der Waals surface area contributed by atoms with Crippen LogP contribution in [0.3, 0.4) is 0 Å². The van der Waals surface area contributed by atoms with Gasteiger partial charge in [0.25, 0.3) is 0 Å². The molecule has 1 aliphatic rings. The third-order valence-corrected chi connectivity index (χ3v) is 4.35. The first kappa shape index (κ1) is 16.8. The van der Waals surface area contributed by atoms with E-state index < -0.39 is 0 Å². The number of likely N-dealkylation sites (tertiary alicyclic amines) is 1. The Labute approximate surface area is 134 Å². The fourth-order valence-corrected chi connectivity index (χ4v) is 2.86. The minimum absolute atomic E-state index is 0.673. The molecule has 0 saturated carbocycles. The smallest absolute Gasteiger partial charge is 0.119 e. The van der Waals surface area contributed by atoms with Crippen LogP contribution in [0.2, 0.25) is 0 Å². The van der Waals surface area contributed by atoms with Crippen molar-refractivity contribution in [1.29, 1.82) is 5.26 Å². The highest BCUT2D eigenvalue weighted by Crippen LogP contribution is 2.20. The van der Waals surface area contributed by atoms with Crippen LogP contribution in [0.5, 0.6) is 5.75 Å². The van der Waals surface area contributed by atoms with E-state index in [1.165, 1.54) is 38.9 Å². The second-order valence-electron chi connectivity index (χ2n) is 6.36. The van der Waals surface area contributed by atoms with Gasteiger partial charge in [-0.05, 0) is 83.2 Å². The molecule has 0 spiro atoms. The number of piperidine rings is 1. The summed E-state index contributed by atoms with van der Waals surface area (Å²) >= 11 is 0. The van der Waals surface area contributed by atoms with E-state index in [1.807, 2.05) is 12.1 Å². The van der Waals surface area contributed by atoms with Gasteiger partial charge in [-0.1, -0.05) is 0 Å². The molecule has 4 nitrogen and oxygen atoms in total. The van der Waals surface area contributed by atoms with Crippen molar-refractivity contribution in [2.75, 3.05) is 46.9 Å². The molecule has 1 aromatic carbocycles. The Balaban J connectivity index is 1.61. The van der Waals surface area contributed by atoms with Crippen LogP contribution in [0.25, 0.3) is 0 Å². The predicted octanol–water partition coefficient (Wildman–Crippen LogP) is 2.60. The standard InChI is InChI=1S/C18H27N3O/c1-20(2)10-7-16-8-11-21(12-9-16)13-14-22-18-5-3-17(15-19)4-6-18/h3-6,16H,7-14H2,1-2H3. The van der Waals surface area contributed by atoms with Crippen molar-refractivity contribution in [3.8, 4) is 11.8 Å². The molecular formula is C18H27N3O. The van der Waals surface area contributed by atoms with Gasteiger partial charge in [-0.25, -0.2) is 0 Å². The van der Waals surface area contributed by atoms with Gasteiger partial charge < -0.3 is 9.64 Å². The molecule has 0 aromatic heterocycles. The lowest BCUT2D eigenvalue weighted by Gasteiger charge is -2.32. The predicted molar refractivity (Wildman–Crippen MR) is 89.0 cm³/mol. The monoisotopic (exact) mass is 301 g/mol. The zero-order valence-corrected chi connectivity index (χ0v) is 13.8. The summed E-state index contributed by atoms with van der Waals surface area (Å²) in [6, 6.07) is 9.45. The molecular weight excluding hydrogens is 274 g/mol. The van der Waals surface area contributed by atoms with E-state index in [-0.39, 0.29) is 0 Å². The van der Waals surface area contributed by atoms with Gasteiger partial charge in [0.2, 0.25) is 0 Å². The highest BCUT2D eigenvalue weighted by atomic mass is 16.5. The number of hydrogen-bond donors (Lipinski definition) is 0. The van der Waals surface area contributed by atoms with E-state index in [4.69, 9.17) is 10.00 Å². The van der Waals surface area contributed by atoms with Crippen LogP contribution in [-0.2, 0) is 0 Å². The van der Waals surface area contributed by atoms with Crippen molar-refractivity contribution in [1.82, 2.24) is 9.80 Å². The summed E-state index contributed by atoms with van der Waals surface area (Å²) < 4.78 is 5.76. The number of hydrogen-bond acceptors (Lipinski definition) is 4. The summed E-state index contributed by atoms with van der Waals surface area (Å²) in [5, 5.41) is 8.76. The molecule has 120 valence electrons. The largest absolute Gasteiger partial charge is 0.492 e. The van der Waals surface area contributed by atoms with Crippen molar-refractivity contribution in [2.45, 2.75) is 19.3 Å². The summed E-state index contributed by atoms with van der Waals surface area (Å²) in [7, 11) is 4.30. The zero-order valence-electron chi connectivity index (χ0n) is 13.8. The summed E-state index contributed by atoms with van der Waals surface area (Å²) in [5.41, 5.74) is 0.673. The second-order valence-corrected chi connectivity index (χ2v) is 6.36. The Hall–Kier alpha value is -1.57. The Bertz CT molecular complexity index is 470. The lowest BCUT2D eigenvalue weighted by molar-refractivity contribution is 0.147. The van der Waals surface area contributed by atoms with Crippen molar-refractivity contribution in [3.63, 3.8) is 0 Å². The third kappa shape index (κ3) is 5.67. The van der Waals surface area contributed by atoms with Crippen molar-refractivity contribution < 1.29 is 4.74 Å². The molecule has 0 amide bonds. The van der Waals surface area contributed by atoms with Gasteiger partial charge in [0.1, 0.15) is 12.4 Å². The van der Waals surface area contributed by atoms with Crippen LogP contribution in [0, 0.1) is 17.2 Å². The summed E-state index contributed by atoms with van der Waals surface area (Å²) in [6.07, 6.45) is 3.94. The number of benzene rings is 1. The molecule has 0 radical (unpaired) electrons. The van der Waals surface area contributed by atoms with E-state index in [0.29, 0.717) is 12.2 Å². The topological polar surface area (TPSA) is 39.5 Å². The average Bonchev–Trinajstić information content (AvgIpc) is 2.55. The van der Waals surface area contributed by atoms with Crippen LogP contribution in [0.15, 0.2) is 24.3 Å². The number of nitriles is 1. The van der Waals surface area contributed by atoms with E-state index in [0.717, 1.165) is 18.2 Å². The molecule has 0 aliphatic carbocycles. The Kier molecular flexibility index (Phi) is 6.70. The molecule has 1 heterocycles. The molecule has 0 atom stereocenters. The maximum atomic E-state index is 8.76. The van der Waals surface area contributed by atoms with Crippen LogP contribution >= 0.6 is 0 Å². The van der Waals surface area contributed by atoms with Crippen LogP contribution in [0.1, 0.15) is 24.8 Å². The molecule has 1 saturated heterocycles. The number of nitrogens with zero attached hydrogens (tertiary/aromatic N) is 3. The van der Waals surface area contributed by atoms with Gasteiger partial charge in [-0.2, -0.15) is 5.26 Å². The molecule has 1 aromatic rings. The van der Waals surface area contributed by atoms with Crippen molar-refractivity contribution in [3.05, 3.63) is 29.8 Å². The summed E-state index contributed by atoms with van der Waals surface area (Å²) in [6.45, 7) is 5.28. The molecule has 0 bridgehead atoms. The molecule has 0 N–H and O–H groups in total. The fourth-order valence-electron chi connectivity index (χ4n) is 2.86. The lowest BCUT2D eigenvalue weighted by Crippen LogP contribution is -2.37. The van der Waals surface area contributed by atoms with Crippen LogP contribution < -0.4 is 4.74 Å². The molecule has 0 unspecified atom stereocenters. The summed E-state index contributed by atoms with van der Waals surface area (Å²) in [4.78, 5) is 4.77. The van der Waals surface area contributed by atoms with E-state index >= 15 is 0 Å². The molecule has 1 fully saturated rings.